The van der Waals surface area contributed by atoms with Crippen LogP contribution in [0.25, 0.3) is 10.1 Å². The Morgan fingerprint density at radius 3 is 2.80 bits per heavy atom. The van der Waals surface area contributed by atoms with E-state index in [2.05, 4.69) is 0 Å². The molecule has 0 aliphatic carbocycles. The minimum Gasteiger partial charge on any atom is -0.504 e. The predicted molar refractivity (Wildman–Crippen MR) is 76.1 cm³/mol. The predicted octanol–water partition coefficient (Wildman–Crippen LogP) is 2.48. The molecule has 0 amide bonds. The lowest BCUT2D eigenvalue weighted by atomic mass is 10.1. The van der Waals surface area contributed by atoms with Crippen LogP contribution in [0.5, 0.6) is 11.5 Å². The van der Waals surface area contributed by atoms with Gasteiger partial charge in [0.25, 0.3) is 0 Å². The van der Waals surface area contributed by atoms with E-state index in [1.807, 2.05) is 29.9 Å². The third-order valence-electron chi connectivity index (χ3n) is 3.07. The van der Waals surface area contributed by atoms with Gasteiger partial charge in [0.15, 0.2) is 23.9 Å². The van der Waals surface area contributed by atoms with Crippen LogP contribution in [0.2, 0.25) is 0 Å². The lowest BCUT2D eigenvalue weighted by molar-refractivity contribution is -0.681. The zero-order valence-electron chi connectivity index (χ0n) is 10.5. The second-order valence-corrected chi connectivity index (χ2v) is 5.43. The molecule has 0 aliphatic heterocycles. The Morgan fingerprint density at radius 2 is 2.00 bits per heavy atom. The molecule has 0 saturated heterocycles. The van der Waals surface area contributed by atoms with Gasteiger partial charge in [-0.05, 0) is 29.6 Å². The number of hydrogen-bond acceptors (Lipinski definition) is 4. The highest BCUT2D eigenvalue weighted by Crippen LogP contribution is 2.25. The van der Waals surface area contributed by atoms with E-state index in [4.69, 9.17) is 0 Å². The zero-order chi connectivity index (χ0) is 14.1. The molecular weight excluding hydrogens is 274 g/mol. The maximum absolute atomic E-state index is 12.1. The van der Waals surface area contributed by atoms with Crippen molar-refractivity contribution in [3.63, 3.8) is 0 Å². The molecule has 0 unspecified atom stereocenters. The molecule has 0 bridgehead atoms. The Bertz CT molecular complexity index is 795. The van der Waals surface area contributed by atoms with Crippen LogP contribution in [0, 0.1) is 0 Å². The summed E-state index contributed by atoms with van der Waals surface area (Å²) in [5, 5.41) is 21.8. The van der Waals surface area contributed by atoms with E-state index in [0.717, 1.165) is 5.39 Å². The molecule has 20 heavy (non-hydrogen) atoms. The van der Waals surface area contributed by atoms with Crippen LogP contribution < -0.4 is 4.57 Å². The first-order chi connectivity index (χ1) is 9.63. The Balaban J connectivity index is 1.85. The van der Waals surface area contributed by atoms with Crippen LogP contribution in [0.4, 0.5) is 0 Å². The Hall–Kier alpha value is -2.40. The van der Waals surface area contributed by atoms with Crippen LogP contribution in [-0.2, 0) is 6.54 Å². The van der Waals surface area contributed by atoms with Gasteiger partial charge in [-0.1, -0.05) is 0 Å². The van der Waals surface area contributed by atoms with Gasteiger partial charge in [-0.15, -0.1) is 11.3 Å². The first kappa shape index (κ1) is 12.6. The summed E-state index contributed by atoms with van der Waals surface area (Å²) in [4.78, 5) is 12.1. The molecule has 0 radical (unpaired) electrons. The maximum atomic E-state index is 12.1. The number of phenols is 2. The topological polar surface area (TPSA) is 61.4 Å². The third-order valence-corrected chi connectivity index (χ3v) is 3.97. The molecule has 0 saturated carbocycles. The fourth-order valence-corrected chi connectivity index (χ4v) is 2.77. The van der Waals surface area contributed by atoms with Crippen molar-refractivity contribution >= 4 is 27.2 Å². The molecule has 0 aliphatic rings. The zero-order valence-corrected chi connectivity index (χ0v) is 11.3. The number of rotatable bonds is 3. The van der Waals surface area contributed by atoms with Crippen LogP contribution >= 0.6 is 11.3 Å². The van der Waals surface area contributed by atoms with Gasteiger partial charge in [-0.3, -0.25) is 4.79 Å². The number of hydrogen-bond donors (Lipinski definition) is 2. The molecule has 0 fully saturated rings. The fraction of sp³-hybridized carbons (Fsp3) is 0.0667. The molecule has 5 heteroatoms. The largest absolute Gasteiger partial charge is 0.504 e. The lowest BCUT2D eigenvalue weighted by Gasteiger charge is -2.01. The van der Waals surface area contributed by atoms with Crippen molar-refractivity contribution in [3.05, 3.63) is 53.7 Å². The summed E-state index contributed by atoms with van der Waals surface area (Å²) in [6.07, 6.45) is 3.78. The number of Topliss-reactive ketones (excluding diaryl/α,β-unsaturated/α-hetero) is 1. The number of fused-ring (bicyclic) bond motifs is 1. The van der Waals surface area contributed by atoms with Gasteiger partial charge in [0, 0.05) is 16.3 Å². The quantitative estimate of drug-likeness (QED) is 0.442. The highest BCUT2D eigenvalue weighted by Gasteiger charge is 2.14. The number of nitrogens with zero attached hydrogens (tertiary/aromatic N) is 1. The van der Waals surface area contributed by atoms with Crippen molar-refractivity contribution in [3.8, 4) is 11.5 Å². The molecule has 2 N–H and O–H groups in total. The summed E-state index contributed by atoms with van der Waals surface area (Å²) < 4.78 is 2.98. The van der Waals surface area contributed by atoms with Crippen LogP contribution in [0.15, 0.2) is 48.1 Å². The average Bonchev–Trinajstić information content (AvgIpc) is 2.89. The standard InChI is InChI=1S/C15H11NO3S/c17-12-2-1-10(7-13(12)18)14(19)9-16-5-3-15-11(8-16)4-6-20-15/h1-8H,9H2,(H-,17,18,19)/p+1. The lowest BCUT2D eigenvalue weighted by Crippen LogP contribution is -2.37. The average molecular weight is 286 g/mol. The van der Waals surface area contributed by atoms with Crippen LogP contribution in [0.3, 0.4) is 0 Å². The van der Waals surface area contributed by atoms with E-state index < -0.39 is 0 Å². The Kier molecular flexibility index (Phi) is 3.12. The van der Waals surface area contributed by atoms with Crippen molar-refractivity contribution in [2.45, 2.75) is 6.54 Å². The van der Waals surface area contributed by atoms with Gasteiger partial charge in [-0.25, -0.2) is 0 Å². The summed E-state index contributed by atoms with van der Waals surface area (Å²) in [5.41, 5.74) is 0.373. The van der Waals surface area contributed by atoms with Crippen molar-refractivity contribution in [2.75, 3.05) is 0 Å². The van der Waals surface area contributed by atoms with Crippen LogP contribution in [0.1, 0.15) is 10.4 Å². The van der Waals surface area contributed by atoms with Crippen molar-refractivity contribution < 1.29 is 19.6 Å². The number of aromatic nitrogens is 1. The number of thiophene rings is 1. The van der Waals surface area contributed by atoms with E-state index in [0.29, 0.717) is 5.56 Å². The molecule has 0 atom stereocenters. The molecule has 3 rings (SSSR count). The van der Waals surface area contributed by atoms with Crippen molar-refractivity contribution in [1.29, 1.82) is 0 Å². The van der Waals surface area contributed by atoms with E-state index in [9.17, 15) is 15.0 Å². The van der Waals surface area contributed by atoms with E-state index >= 15 is 0 Å². The summed E-state index contributed by atoms with van der Waals surface area (Å²) in [7, 11) is 0. The van der Waals surface area contributed by atoms with Gasteiger partial charge in [0.05, 0.1) is 5.39 Å². The Morgan fingerprint density at radius 1 is 1.15 bits per heavy atom. The van der Waals surface area contributed by atoms with Gasteiger partial charge in [0.2, 0.25) is 12.3 Å². The number of ketones is 1. The molecule has 2 heterocycles. The summed E-state index contributed by atoms with van der Waals surface area (Å²) in [6.45, 7) is 0.190. The fourth-order valence-electron chi connectivity index (χ4n) is 2.01. The van der Waals surface area contributed by atoms with E-state index in [1.165, 1.54) is 22.9 Å². The molecule has 4 nitrogen and oxygen atoms in total. The van der Waals surface area contributed by atoms with Gasteiger partial charge in [0.1, 0.15) is 0 Å². The van der Waals surface area contributed by atoms with Gasteiger partial charge >= 0.3 is 0 Å². The molecule has 100 valence electrons. The smallest absolute Gasteiger partial charge is 0.227 e. The molecule has 1 aromatic carbocycles. The number of carbonyl (C=O) groups excluding carboxylic acids is 1. The molecular formula is C15H12NO3S+. The second-order valence-electron chi connectivity index (χ2n) is 4.48. The van der Waals surface area contributed by atoms with Gasteiger partial charge < -0.3 is 10.2 Å². The summed E-state index contributed by atoms with van der Waals surface area (Å²) >= 11 is 1.66. The monoisotopic (exact) mass is 286 g/mol. The minimum atomic E-state index is -0.283. The SMILES string of the molecule is O=C(C[n+]1ccc2sccc2c1)c1ccc(O)c(O)c1. The number of benzene rings is 1. The molecule has 2 aromatic heterocycles. The third kappa shape index (κ3) is 2.35. The normalized spacial score (nSPS) is 10.8. The Labute approximate surface area is 119 Å². The van der Waals surface area contributed by atoms with Crippen molar-refractivity contribution in [1.82, 2.24) is 0 Å². The van der Waals surface area contributed by atoms with Gasteiger partial charge in [-0.2, -0.15) is 4.57 Å². The summed E-state index contributed by atoms with van der Waals surface area (Å²) in [6, 6.07) is 8.08. The van der Waals surface area contributed by atoms with E-state index in [1.54, 1.807) is 15.9 Å². The first-order valence-corrected chi connectivity index (χ1v) is 6.93. The number of phenolic OH excluding ortho intramolecular Hbond substituents is 2. The first-order valence-electron chi connectivity index (χ1n) is 6.05. The summed E-state index contributed by atoms with van der Waals surface area (Å²) in [5.74, 6) is -0.636. The van der Waals surface area contributed by atoms with Crippen molar-refractivity contribution in [2.24, 2.45) is 0 Å². The molecule has 0 spiro atoms. The maximum Gasteiger partial charge on any atom is 0.227 e. The minimum absolute atomic E-state index is 0.125. The highest BCUT2D eigenvalue weighted by atomic mass is 32.1. The number of carbonyl (C=O) groups is 1. The second kappa shape index (κ2) is 4.94. The number of aromatic hydroxyl groups is 2. The molecule has 3 aromatic rings. The highest BCUT2D eigenvalue weighted by molar-refractivity contribution is 7.17. The van der Waals surface area contributed by atoms with E-state index in [-0.39, 0.29) is 23.8 Å². The number of pyridine rings is 1. The van der Waals surface area contributed by atoms with Crippen LogP contribution in [-0.4, -0.2) is 16.0 Å².